The van der Waals surface area contributed by atoms with E-state index in [1.165, 1.54) is 6.92 Å². The molecule has 1 atom stereocenters. The number of carbonyl (C=O) groups excluding carboxylic acids is 2. The van der Waals surface area contributed by atoms with E-state index in [4.69, 9.17) is 10.5 Å². The van der Waals surface area contributed by atoms with E-state index in [0.717, 1.165) is 36.4 Å². The first kappa shape index (κ1) is 18.8. The van der Waals surface area contributed by atoms with Crippen molar-refractivity contribution in [1.29, 1.82) is 0 Å². The normalized spacial score (nSPS) is 11.5. The van der Waals surface area contributed by atoms with Crippen LogP contribution in [0.4, 0.5) is 25.8 Å². The average molecular weight is 365 g/mol. The Morgan fingerprint density at radius 3 is 2.42 bits per heavy atom. The molecule has 0 radical (unpaired) electrons. The van der Waals surface area contributed by atoms with Gasteiger partial charge in [0.2, 0.25) is 0 Å². The fourth-order valence-electron chi connectivity index (χ4n) is 1.95. The number of rotatable bonds is 5. The third-order valence-electron chi connectivity index (χ3n) is 3.33. The van der Waals surface area contributed by atoms with Gasteiger partial charge in [-0.1, -0.05) is 6.07 Å². The number of non-ortho nitro benzene ring substituents is 1. The van der Waals surface area contributed by atoms with Crippen LogP contribution in [-0.2, 0) is 9.53 Å². The second-order valence-electron chi connectivity index (χ2n) is 5.16. The summed E-state index contributed by atoms with van der Waals surface area (Å²) in [5.74, 6) is -4.09. The number of ether oxygens (including phenoxy) is 1. The highest BCUT2D eigenvalue weighted by molar-refractivity contribution is 5.99. The molecule has 0 fully saturated rings. The van der Waals surface area contributed by atoms with E-state index in [1.807, 2.05) is 5.32 Å². The Hall–Kier alpha value is -3.56. The molecule has 0 aromatic heterocycles. The van der Waals surface area contributed by atoms with Crippen molar-refractivity contribution in [2.24, 2.45) is 0 Å². The highest BCUT2D eigenvalue weighted by atomic mass is 19.1. The predicted molar refractivity (Wildman–Crippen MR) is 87.4 cm³/mol. The number of hydrogen-bond donors (Lipinski definition) is 2. The van der Waals surface area contributed by atoms with Crippen molar-refractivity contribution >= 4 is 28.9 Å². The maximum Gasteiger partial charge on any atom is 0.341 e. The summed E-state index contributed by atoms with van der Waals surface area (Å²) in [6.07, 6.45) is -1.44. The third kappa shape index (κ3) is 4.09. The Balaban J connectivity index is 2.13. The minimum Gasteiger partial charge on any atom is -0.449 e. The lowest BCUT2D eigenvalue weighted by Gasteiger charge is -2.15. The van der Waals surface area contributed by atoms with Gasteiger partial charge in [-0.2, -0.15) is 0 Å². The molecule has 0 saturated heterocycles. The summed E-state index contributed by atoms with van der Waals surface area (Å²) in [7, 11) is 0. The van der Waals surface area contributed by atoms with Crippen molar-refractivity contribution in [1.82, 2.24) is 0 Å². The predicted octanol–water partition coefficient (Wildman–Crippen LogP) is 2.64. The largest absolute Gasteiger partial charge is 0.449 e. The van der Waals surface area contributed by atoms with Crippen molar-refractivity contribution in [3.8, 4) is 0 Å². The monoisotopic (exact) mass is 365 g/mol. The number of nitro groups is 1. The number of carbonyl (C=O) groups is 2. The summed E-state index contributed by atoms with van der Waals surface area (Å²) in [6, 6.07) is 6.16. The molecule has 8 nitrogen and oxygen atoms in total. The van der Waals surface area contributed by atoms with E-state index in [1.54, 1.807) is 0 Å². The smallest absolute Gasteiger partial charge is 0.341 e. The van der Waals surface area contributed by atoms with Crippen LogP contribution in [0.15, 0.2) is 36.4 Å². The van der Waals surface area contributed by atoms with E-state index >= 15 is 0 Å². The van der Waals surface area contributed by atoms with Crippen LogP contribution in [0.25, 0.3) is 0 Å². The molecule has 136 valence electrons. The lowest BCUT2D eigenvalue weighted by Crippen LogP contribution is -2.30. The zero-order valence-electron chi connectivity index (χ0n) is 13.4. The van der Waals surface area contributed by atoms with Gasteiger partial charge in [0.15, 0.2) is 6.10 Å². The van der Waals surface area contributed by atoms with E-state index in [2.05, 4.69) is 0 Å². The number of halogens is 2. The molecule has 2 rings (SSSR count). The molecule has 2 aromatic carbocycles. The number of amides is 1. The highest BCUT2D eigenvalue weighted by Gasteiger charge is 2.23. The highest BCUT2D eigenvalue weighted by Crippen LogP contribution is 2.22. The van der Waals surface area contributed by atoms with Crippen molar-refractivity contribution < 1.29 is 28.0 Å². The molecule has 0 heterocycles. The lowest BCUT2D eigenvalue weighted by atomic mass is 10.1. The van der Waals surface area contributed by atoms with Crippen LogP contribution < -0.4 is 11.1 Å². The van der Waals surface area contributed by atoms with Crippen LogP contribution >= 0.6 is 0 Å². The van der Waals surface area contributed by atoms with Crippen LogP contribution in [-0.4, -0.2) is 22.9 Å². The maximum atomic E-state index is 13.5. The van der Waals surface area contributed by atoms with Gasteiger partial charge in [-0.15, -0.1) is 0 Å². The van der Waals surface area contributed by atoms with Gasteiger partial charge in [-0.25, -0.2) is 13.6 Å². The lowest BCUT2D eigenvalue weighted by molar-refractivity contribution is -0.384. The van der Waals surface area contributed by atoms with Gasteiger partial charge in [-0.05, 0) is 25.1 Å². The molecule has 10 heteroatoms. The van der Waals surface area contributed by atoms with E-state index in [-0.39, 0.29) is 11.3 Å². The molecule has 3 N–H and O–H groups in total. The van der Waals surface area contributed by atoms with E-state index in [9.17, 15) is 28.5 Å². The number of nitrogens with zero attached hydrogens (tertiary/aromatic N) is 1. The van der Waals surface area contributed by atoms with E-state index in [0.29, 0.717) is 0 Å². The molecule has 1 amide bonds. The first-order valence-electron chi connectivity index (χ1n) is 7.20. The molecule has 0 spiro atoms. The Morgan fingerprint density at radius 2 is 1.85 bits per heavy atom. The summed E-state index contributed by atoms with van der Waals surface area (Å²) < 4.78 is 31.9. The Labute approximate surface area is 145 Å². The van der Waals surface area contributed by atoms with Gasteiger partial charge in [0.25, 0.3) is 11.6 Å². The van der Waals surface area contributed by atoms with Crippen molar-refractivity contribution in [2.45, 2.75) is 13.0 Å². The van der Waals surface area contributed by atoms with Gasteiger partial charge in [0.05, 0.1) is 10.5 Å². The van der Waals surface area contributed by atoms with E-state index < -0.39 is 45.9 Å². The van der Waals surface area contributed by atoms with Gasteiger partial charge in [0.1, 0.15) is 17.3 Å². The summed E-state index contributed by atoms with van der Waals surface area (Å²) in [4.78, 5) is 34.1. The fourth-order valence-corrected chi connectivity index (χ4v) is 1.95. The molecule has 26 heavy (non-hydrogen) atoms. The van der Waals surface area contributed by atoms with Crippen molar-refractivity contribution in [3.05, 3.63) is 63.7 Å². The van der Waals surface area contributed by atoms with Crippen LogP contribution in [0.3, 0.4) is 0 Å². The number of hydrogen-bond acceptors (Lipinski definition) is 6. The van der Waals surface area contributed by atoms with Crippen molar-refractivity contribution in [3.63, 3.8) is 0 Å². The summed E-state index contributed by atoms with van der Waals surface area (Å²) in [5.41, 5.74) is 4.11. The molecule has 0 aliphatic carbocycles. The molecule has 0 unspecified atom stereocenters. The molecule has 0 bridgehead atoms. The van der Waals surface area contributed by atoms with Crippen LogP contribution in [0.1, 0.15) is 17.3 Å². The topological polar surface area (TPSA) is 125 Å². The molecular weight excluding hydrogens is 352 g/mol. The van der Waals surface area contributed by atoms with Crippen molar-refractivity contribution in [2.75, 3.05) is 11.1 Å². The maximum absolute atomic E-state index is 13.5. The van der Waals surface area contributed by atoms with Gasteiger partial charge < -0.3 is 15.8 Å². The number of anilines is 2. The number of nitro benzene ring substituents is 1. The zero-order valence-corrected chi connectivity index (χ0v) is 13.4. The molecule has 0 aliphatic heterocycles. The zero-order chi connectivity index (χ0) is 19.4. The first-order chi connectivity index (χ1) is 12.2. The SMILES string of the molecule is C[C@H](OC(=O)c1cc([N+](=O)[O-])ccc1N)C(=O)Nc1c(F)cccc1F. The summed E-state index contributed by atoms with van der Waals surface area (Å²) >= 11 is 0. The Kier molecular flexibility index (Phi) is 5.45. The minimum absolute atomic E-state index is 0.0895. The standard InChI is InChI=1S/C16H13F2N3O5/c1-8(15(22)20-14-11(17)3-2-4-12(14)18)26-16(23)10-7-9(21(24)25)5-6-13(10)19/h2-8H,19H2,1H3,(H,20,22)/t8-/m0/s1. The Bertz CT molecular complexity index is 868. The van der Waals surface area contributed by atoms with Crippen LogP contribution in [0, 0.1) is 21.7 Å². The third-order valence-corrected chi connectivity index (χ3v) is 3.33. The average Bonchev–Trinajstić information content (AvgIpc) is 2.58. The summed E-state index contributed by atoms with van der Waals surface area (Å²) in [5, 5.41) is 12.7. The number of benzene rings is 2. The number of nitrogen functional groups attached to an aromatic ring is 1. The van der Waals surface area contributed by atoms with Gasteiger partial charge in [0, 0.05) is 17.8 Å². The molecule has 0 aliphatic rings. The quantitative estimate of drug-likeness (QED) is 0.363. The molecular formula is C16H13F2N3O5. The Morgan fingerprint density at radius 1 is 1.23 bits per heavy atom. The van der Waals surface area contributed by atoms with Gasteiger partial charge in [-0.3, -0.25) is 14.9 Å². The van der Waals surface area contributed by atoms with Gasteiger partial charge >= 0.3 is 5.97 Å². The number of nitrogens with one attached hydrogen (secondary N) is 1. The second kappa shape index (κ2) is 7.55. The summed E-state index contributed by atoms with van der Waals surface area (Å²) in [6.45, 7) is 1.17. The molecule has 2 aromatic rings. The minimum atomic E-state index is -1.44. The molecule has 0 saturated carbocycles. The first-order valence-corrected chi connectivity index (χ1v) is 7.20. The number of esters is 1. The number of nitrogens with two attached hydrogens (primary N) is 1. The van der Waals surface area contributed by atoms with Crippen LogP contribution in [0.5, 0.6) is 0 Å². The fraction of sp³-hybridized carbons (Fsp3) is 0.125. The number of para-hydroxylation sites is 1. The second-order valence-corrected chi connectivity index (χ2v) is 5.16. The van der Waals surface area contributed by atoms with Crippen LogP contribution in [0.2, 0.25) is 0 Å².